The molecule has 15 nitrogen and oxygen atoms in total. The minimum Gasteiger partial charge on any atom is -0.490 e. The van der Waals surface area contributed by atoms with Crippen LogP contribution in [0.5, 0.6) is 5.75 Å². The number of anilines is 1. The van der Waals surface area contributed by atoms with Crippen LogP contribution in [0, 0.1) is 22.5 Å². The Hall–Kier alpha value is -4.41. The topological polar surface area (TPSA) is 164 Å². The predicted molar refractivity (Wildman–Crippen MR) is 185 cm³/mol. The average Bonchev–Trinajstić information content (AvgIpc) is 3.79. The Balaban J connectivity index is 1.40. The molecule has 2 heterocycles. The maximum absolute atomic E-state index is 14.1. The number of nitrogens with zero attached hydrogens (tertiary/aromatic N) is 5. The highest BCUT2D eigenvalue weighted by atomic mass is 32.2. The van der Waals surface area contributed by atoms with Crippen LogP contribution in [-0.2, 0) is 31.0 Å². The molecule has 1 atom stereocenters. The number of hydrogen-bond acceptors (Lipinski definition) is 11. The van der Waals surface area contributed by atoms with Gasteiger partial charge in [-0.25, -0.2) is 15.2 Å². The summed E-state index contributed by atoms with van der Waals surface area (Å²) in [6, 6.07) is 11.1. The van der Waals surface area contributed by atoms with Gasteiger partial charge in [-0.3, -0.25) is 14.9 Å². The van der Waals surface area contributed by atoms with Gasteiger partial charge in [-0.1, -0.05) is 25.1 Å². The van der Waals surface area contributed by atoms with Crippen LogP contribution in [0.15, 0.2) is 53.9 Å². The van der Waals surface area contributed by atoms with Crippen molar-refractivity contribution in [1.29, 1.82) is 0 Å². The Morgan fingerprint density at radius 1 is 1.12 bits per heavy atom. The molecular weight excluding hydrogens is 668 g/mol. The number of hydrazine groups is 1. The lowest BCUT2D eigenvalue weighted by molar-refractivity contribution is -0.385. The van der Waals surface area contributed by atoms with Gasteiger partial charge in [-0.2, -0.15) is 17.0 Å². The van der Waals surface area contributed by atoms with Gasteiger partial charge in [-0.15, -0.1) is 0 Å². The number of piperazine rings is 1. The van der Waals surface area contributed by atoms with Crippen molar-refractivity contribution in [2.24, 2.45) is 5.41 Å². The molecule has 2 aromatic rings. The molecule has 5 rings (SSSR count). The van der Waals surface area contributed by atoms with Gasteiger partial charge in [-0.05, 0) is 76.8 Å². The van der Waals surface area contributed by atoms with E-state index in [1.54, 1.807) is 20.8 Å². The monoisotopic (exact) mass is 714 g/mol. The first-order valence-electron chi connectivity index (χ1n) is 16.5. The van der Waals surface area contributed by atoms with E-state index in [9.17, 15) is 28.1 Å². The second-order valence-corrected chi connectivity index (χ2v) is 16.1. The summed E-state index contributed by atoms with van der Waals surface area (Å²) < 4.78 is 47.1. The van der Waals surface area contributed by atoms with Gasteiger partial charge >= 0.3 is 27.9 Å². The van der Waals surface area contributed by atoms with Gasteiger partial charge in [0.15, 0.2) is 5.75 Å². The summed E-state index contributed by atoms with van der Waals surface area (Å²) in [4.78, 5) is 40.2. The number of carbonyl (C=O) groups is 2. The van der Waals surface area contributed by atoms with Crippen molar-refractivity contribution >= 4 is 33.6 Å². The highest BCUT2D eigenvalue weighted by Crippen LogP contribution is 2.46. The lowest BCUT2D eigenvalue weighted by atomic mass is 10.1. The van der Waals surface area contributed by atoms with E-state index in [0.717, 1.165) is 18.4 Å². The molecule has 0 bridgehead atoms. The van der Waals surface area contributed by atoms with Gasteiger partial charge in [0.25, 0.3) is 0 Å². The zero-order chi connectivity index (χ0) is 36.6. The normalized spacial score (nSPS) is 19.7. The third kappa shape index (κ3) is 8.13. The zero-order valence-corrected chi connectivity index (χ0v) is 30.4. The molecule has 1 N–H and O–H groups in total. The smallest absolute Gasteiger partial charge is 0.425 e. The number of nitrogens with one attached hydrogen (secondary N) is 1. The summed E-state index contributed by atoms with van der Waals surface area (Å²) in [6.45, 7) is 11.3. The van der Waals surface area contributed by atoms with Crippen molar-refractivity contribution in [1.82, 2.24) is 18.9 Å². The van der Waals surface area contributed by atoms with Crippen molar-refractivity contribution in [2.75, 3.05) is 44.9 Å². The van der Waals surface area contributed by atoms with Gasteiger partial charge in [0.05, 0.1) is 42.6 Å². The van der Waals surface area contributed by atoms with Crippen LogP contribution in [0.25, 0.3) is 0 Å². The van der Waals surface area contributed by atoms with Crippen molar-refractivity contribution in [3.8, 4) is 5.75 Å². The molecule has 2 fully saturated rings. The third-order valence-electron chi connectivity index (χ3n) is 8.84. The molecule has 1 unspecified atom stereocenters. The number of carbonyl (C=O) groups excluding carboxylic acids is 2. The Kier molecular flexibility index (Phi) is 10.4. The molecule has 16 heteroatoms. The maximum Gasteiger partial charge on any atom is 0.425 e. The van der Waals surface area contributed by atoms with E-state index in [0.29, 0.717) is 22.3 Å². The van der Waals surface area contributed by atoms with E-state index < -0.39 is 33.4 Å². The Labute approximate surface area is 293 Å². The highest BCUT2D eigenvalue weighted by molar-refractivity contribution is 7.87. The predicted octanol–water partition coefficient (Wildman–Crippen LogP) is 4.48. The molecule has 0 aromatic heterocycles. The molecule has 50 heavy (non-hydrogen) atoms. The lowest BCUT2D eigenvalue weighted by Gasteiger charge is -2.43. The zero-order valence-electron chi connectivity index (χ0n) is 29.6. The van der Waals surface area contributed by atoms with E-state index >= 15 is 0 Å². The summed E-state index contributed by atoms with van der Waals surface area (Å²) in [5.41, 5.74) is 4.61. The molecular formula is C34H46N6O9S. The fourth-order valence-electron chi connectivity index (χ4n) is 5.83. The molecule has 1 saturated heterocycles. The first-order chi connectivity index (χ1) is 23.4. The van der Waals surface area contributed by atoms with E-state index in [-0.39, 0.29) is 66.3 Å². The number of benzene rings is 2. The minimum absolute atomic E-state index is 0.00220. The highest BCUT2D eigenvalue weighted by Gasteiger charge is 2.44. The number of nitro groups is 1. The van der Waals surface area contributed by atoms with Gasteiger partial charge in [0, 0.05) is 37.7 Å². The number of methoxy groups -OCH3 is 1. The summed E-state index contributed by atoms with van der Waals surface area (Å²) in [5.74, 6) is -0.183. The number of ether oxygens (including phenoxy) is 3. The van der Waals surface area contributed by atoms with E-state index in [4.69, 9.17) is 14.2 Å². The standard InChI is InChI=1S/C34H46N6O9S/c1-23-9-8-10-26(19-23)39-31(41)30(48-22-34(6)13-14-34)29(24(2)35-39)36-15-17-37(18-16-36)50(45,46)38(32(42)49-33(3,4)5)21-25-11-12-27(40(43)44)28(20-25)47-7/h8-12,19-20,24,35H,13-18,21-22H2,1-7H3. The molecule has 1 saturated carbocycles. The average molecular weight is 715 g/mol. The minimum atomic E-state index is -4.45. The molecule has 272 valence electrons. The second kappa shape index (κ2) is 14.1. The van der Waals surface area contributed by atoms with Crippen LogP contribution in [0.4, 0.5) is 16.2 Å². The van der Waals surface area contributed by atoms with Gasteiger partial charge in [0.2, 0.25) is 5.76 Å². The van der Waals surface area contributed by atoms with Crippen molar-refractivity contribution in [3.63, 3.8) is 0 Å². The second-order valence-electron chi connectivity index (χ2n) is 14.3. The quantitative estimate of drug-likeness (QED) is 0.258. The van der Waals surface area contributed by atoms with E-state index in [1.807, 2.05) is 43.0 Å². The molecule has 2 amide bonds. The molecule has 2 aliphatic heterocycles. The largest absolute Gasteiger partial charge is 0.490 e. The summed E-state index contributed by atoms with van der Waals surface area (Å²) >= 11 is 0. The number of rotatable bonds is 11. The summed E-state index contributed by atoms with van der Waals surface area (Å²) in [5, 5.41) is 12.9. The number of nitro benzene ring substituents is 1. The van der Waals surface area contributed by atoms with E-state index in [1.165, 1.54) is 34.6 Å². The van der Waals surface area contributed by atoms with Crippen molar-refractivity contribution in [2.45, 2.75) is 72.6 Å². The Bertz CT molecular complexity index is 1780. The third-order valence-corrected chi connectivity index (χ3v) is 10.7. The van der Waals surface area contributed by atoms with Crippen LogP contribution >= 0.6 is 0 Å². The fourth-order valence-corrected chi connectivity index (χ4v) is 7.27. The molecule has 3 aliphatic rings. The summed E-state index contributed by atoms with van der Waals surface area (Å²) in [6.07, 6.45) is 0.934. The molecule has 0 radical (unpaired) electrons. The van der Waals surface area contributed by atoms with Crippen molar-refractivity contribution in [3.05, 3.63) is 75.2 Å². The van der Waals surface area contributed by atoms with Gasteiger partial charge in [0.1, 0.15) is 5.60 Å². The fraction of sp³-hybridized carbons (Fsp3) is 0.529. The number of amides is 2. The summed E-state index contributed by atoms with van der Waals surface area (Å²) in [7, 11) is -3.18. The van der Waals surface area contributed by atoms with Crippen LogP contribution in [-0.4, -0.2) is 90.4 Å². The Morgan fingerprint density at radius 3 is 2.38 bits per heavy atom. The molecule has 2 aromatic carbocycles. The van der Waals surface area contributed by atoms with Gasteiger partial charge < -0.3 is 19.1 Å². The Morgan fingerprint density at radius 2 is 1.80 bits per heavy atom. The first-order valence-corrected chi connectivity index (χ1v) is 17.9. The number of hydrogen-bond donors (Lipinski definition) is 1. The SMILES string of the molecule is COc1cc(CN(C(=O)OC(C)(C)C)S(=O)(=O)N2CCN(C3=C(OCC4(C)CC4)C(=O)N(c4cccc(C)c4)NC3C)CC2)ccc1[N+](=O)[O-]. The first kappa shape index (κ1) is 36.9. The number of aryl methyl sites for hydroxylation is 1. The maximum atomic E-state index is 14.1. The van der Waals surface area contributed by atoms with E-state index in [2.05, 4.69) is 12.3 Å². The van der Waals surface area contributed by atoms with Crippen LogP contribution < -0.4 is 15.2 Å². The molecule has 0 spiro atoms. The lowest BCUT2D eigenvalue weighted by Crippen LogP contribution is -2.59. The van der Waals surface area contributed by atoms with Crippen molar-refractivity contribution < 1.29 is 37.1 Å². The van der Waals surface area contributed by atoms with Crippen LogP contribution in [0.3, 0.4) is 0 Å². The molecule has 1 aliphatic carbocycles. The van der Waals surface area contributed by atoms with Crippen LogP contribution in [0.1, 0.15) is 58.6 Å². The van der Waals surface area contributed by atoms with Crippen LogP contribution in [0.2, 0.25) is 0 Å².